The third-order valence-corrected chi connectivity index (χ3v) is 4.57. The fourth-order valence-corrected chi connectivity index (χ4v) is 3.30. The summed E-state index contributed by atoms with van der Waals surface area (Å²) in [6, 6.07) is 9.45. The topological polar surface area (TPSA) is 32.6 Å². The number of hydrogen-bond acceptors (Lipinski definition) is 2. The molecule has 1 unspecified atom stereocenters. The molecule has 0 bridgehead atoms. The van der Waals surface area contributed by atoms with E-state index in [0.717, 1.165) is 24.3 Å². The Morgan fingerprint density at radius 1 is 0.889 bits per heavy atom. The summed E-state index contributed by atoms with van der Waals surface area (Å²) < 4.78 is 67.7. The molecule has 1 aliphatic rings. The first kappa shape index (κ1) is 19.2. The molecule has 0 saturated heterocycles. The Kier molecular flexibility index (Phi) is 4.88. The molecule has 0 radical (unpaired) electrons. The highest BCUT2D eigenvalue weighted by molar-refractivity contribution is 6.01. The summed E-state index contributed by atoms with van der Waals surface area (Å²) in [5.41, 5.74) is 0.104. The zero-order valence-electron chi connectivity index (χ0n) is 14.3. The highest BCUT2D eigenvalue weighted by Gasteiger charge is 2.64. The van der Waals surface area contributed by atoms with Crippen molar-refractivity contribution in [2.75, 3.05) is 13.2 Å². The Morgan fingerprint density at radius 3 is 1.78 bits per heavy atom. The van der Waals surface area contributed by atoms with E-state index in [9.17, 15) is 27.1 Å². The molecule has 1 N–H and O–H groups in total. The van der Waals surface area contributed by atoms with Crippen LogP contribution in [0, 0.1) is 11.6 Å². The predicted molar refractivity (Wildman–Crippen MR) is 91.0 cm³/mol. The molecule has 0 spiro atoms. The number of likely N-dealkylation sites (N-methyl/N-ethyl adjacent to an activating group) is 1. The van der Waals surface area contributed by atoms with E-state index in [1.807, 2.05) is 0 Å². The highest BCUT2D eigenvalue weighted by atomic mass is 19.4. The number of alkyl halides is 3. The molecule has 3 nitrogen and oxygen atoms in total. The standard InChI is InChI=1S/C19H16F5N2O/c1-2-26(19(22,23)24)16(11-27)25-17(12-3-7-14(20)8-4-12)18(26)13-5-9-15(21)10-6-13/h3-10,27H,2,11H2,1H3/q+1. The Labute approximate surface area is 152 Å². The molecule has 8 heteroatoms. The molecule has 0 amide bonds. The molecule has 27 heavy (non-hydrogen) atoms. The van der Waals surface area contributed by atoms with Gasteiger partial charge in [0, 0.05) is 11.1 Å². The van der Waals surface area contributed by atoms with Crippen molar-refractivity contribution in [1.29, 1.82) is 0 Å². The summed E-state index contributed by atoms with van der Waals surface area (Å²) in [6.45, 7) is -0.0428. The maximum atomic E-state index is 14.2. The van der Waals surface area contributed by atoms with Gasteiger partial charge in [0.05, 0.1) is 6.54 Å². The van der Waals surface area contributed by atoms with Gasteiger partial charge in [-0.1, -0.05) is 0 Å². The summed E-state index contributed by atoms with van der Waals surface area (Å²) in [4.78, 5) is 4.06. The lowest BCUT2D eigenvalue weighted by Gasteiger charge is -2.35. The third kappa shape index (κ3) is 3.04. The quantitative estimate of drug-likeness (QED) is 0.469. The molecule has 0 fully saturated rings. The van der Waals surface area contributed by atoms with Crippen molar-refractivity contribution >= 4 is 17.2 Å². The second-order valence-electron chi connectivity index (χ2n) is 5.99. The first-order valence-electron chi connectivity index (χ1n) is 8.15. The third-order valence-electron chi connectivity index (χ3n) is 4.57. The summed E-state index contributed by atoms with van der Waals surface area (Å²) in [7, 11) is 0. The Bertz CT molecular complexity index is 901. The van der Waals surface area contributed by atoms with Crippen LogP contribution in [0.2, 0.25) is 0 Å². The van der Waals surface area contributed by atoms with Gasteiger partial charge < -0.3 is 5.11 Å². The zero-order valence-corrected chi connectivity index (χ0v) is 14.3. The predicted octanol–water partition coefficient (Wildman–Crippen LogP) is 4.55. The summed E-state index contributed by atoms with van der Waals surface area (Å²) >= 11 is 0. The van der Waals surface area contributed by atoms with Gasteiger partial charge in [0.1, 0.15) is 23.9 Å². The number of rotatable bonds is 4. The van der Waals surface area contributed by atoms with Gasteiger partial charge in [-0.05, 0) is 55.5 Å². The maximum absolute atomic E-state index is 14.2. The van der Waals surface area contributed by atoms with Crippen molar-refractivity contribution < 1.29 is 31.5 Å². The smallest absolute Gasteiger partial charge is 0.384 e. The van der Waals surface area contributed by atoms with Crippen molar-refractivity contribution in [2.24, 2.45) is 4.99 Å². The van der Waals surface area contributed by atoms with Crippen LogP contribution >= 0.6 is 0 Å². The average molecular weight is 383 g/mol. The van der Waals surface area contributed by atoms with Crippen LogP contribution < -0.4 is 0 Å². The Hall–Kier alpha value is -2.58. The molecule has 142 valence electrons. The number of aliphatic imine (C=N–C) groups is 1. The fourth-order valence-electron chi connectivity index (χ4n) is 3.30. The first-order valence-corrected chi connectivity index (χ1v) is 8.15. The minimum Gasteiger partial charge on any atom is -0.384 e. The zero-order chi connectivity index (χ0) is 19.8. The van der Waals surface area contributed by atoms with Crippen LogP contribution in [0.1, 0.15) is 18.1 Å². The van der Waals surface area contributed by atoms with Crippen molar-refractivity contribution in [3.05, 3.63) is 71.3 Å². The fraction of sp³-hybridized carbons (Fsp3) is 0.211. The normalized spacial score (nSPS) is 20.2. The molecular formula is C19H16F5N2O+. The van der Waals surface area contributed by atoms with E-state index < -0.39 is 41.4 Å². The van der Waals surface area contributed by atoms with Crippen LogP contribution in [0.5, 0.6) is 0 Å². The van der Waals surface area contributed by atoms with Gasteiger partial charge in [-0.25, -0.2) is 8.78 Å². The lowest BCUT2D eigenvalue weighted by Crippen LogP contribution is -2.59. The second kappa shape index (κ2) is 6.86. The van der Waals surface area contributed by atoms with Crippen LogP contribution in [0.15, 0.2) is 53.5 Å². The minimum atomic E-state index is -4.80. The number of hydrogen-bond donors (Lipinski definition) is 1. The van der Waals surface area contributed by atoms with Crippen molar-refractivity contribution in [2.45, 2.75) is 13.2 Å². The Balaban J connectivity index is 2.36. The van der Waals surface area contributed by atoms with E-state index in [1.54, 1.807) is 0 Å². The largest absolute Gasteiger partial charge is 0.572 e. The van der Waals surface area contributed by atoms with Gasteiger partial charge in [-0.3, -0.25) is 0 Å². The molecule has 1 heterocycles. The van der Waals surface area contributed by atoms with Gasteiger partial charge in [0.25, 0.3) is 0 Å². The number of benzene rings is 2. The summed E-state index contributed by atoms with van der Waals surface area (Å²) in [5.74, 6) is -1.63. The van der Waals surface area contributed by atoms with E-state index in [1.165, 1.54) is 31.2 Å². The molecule has 2 aromatic carbocycles. The number of aliphatic hydroxyl groups is 1. The number of quaternary nitrogens is 1. The average Bonchev–Trinajstić information content (AvgIpc) is 2.98. The second-order valence-corrected chi connectivity index (χ2v) is 5.99. The maximum Gasteiger partial charge on any atom is 0.572 e. The van der Waals surface area contributed by atoms with Gasteiger partial charge in [0.15, 0.2) is 5.70 Å². The minimum absolute atomic E-state index is 0.0372. The Morgan fingerprint density at radius 2 is 1.37 bits per heavy atom. The van der Waals surface area contributed by atoms with E-state index >= 15 is 0 Å². The van der Waals surface area contributed by atoms with Crippen molar-refractivity contribution in [3.63, 3.8) is 0 Å². The first-order chi connectivity index (χ1) is 12.7. The number of halogens is 5. The van der Waals surface area contributed by atoms with Gasteiger partial charge in [0.2, 0.25) is 5.84 Å². The molecule has 0 aliphatic carbocycles. The van der Waals surface area contributed by atoms with Gasteiger partial charge >= 0.3 is 6.30 Å². The molecular weight excluding hydrogens is 367 g/mol. The van der Waals surface area contributed by atoms with Crippen molar-refractivity contribution in [3.8, 4) is 0 Å². The van der Waals surface area contributed by atoms with Crippen LogP contribution in [0.25, 0.3) is 11.4 Å². The van der Waals surface area contributed by atoms with E-state index in [2.05, 4.69) is 4.99 Å². The number of aliphatic hydroxyl groups excluding tert-OH is 1. The van der Waals surface area contributed by atoms with Crippen LogP contribution in [0.3, 0.4) is 0 Å². The number of amidine groups is 1. The van der Waals surface area contributed by atoms with Crippen molar-refractivity contribution in [1.82, 2.24) is 0 Å². The van der Waals surface area contributed by atoms with Crippen LogP contribution in [-0.2, 0) is 0 Å². The molecule has 0 saturated carbocycles. The number of nitrogens with zero attached hydrogens (tertiary/aromatic N) is 2. The molecule has 1 aliphatic heterocycles. The van der Waals surface area contributed by atoms with E-state index in [0.29, 0.717) is 0 Å². The summed E-state index contributed by atoms with van der Waals surface area (Å²) in [6.07, 6.45) is -4.80. The summed E-state index contributed by atoms with van der Waals surface area (Å²) in [5, 5.41) is 9.62. The van der Waals surface area contributed by atoms with E-state index in [-0.39, 0.29) is 22.5 Å². The lowest BCUT2D eigenvalue weighted by atomic mass is 10.0. The van der Waals surface area contributed by atoms with Crippen LogP contribution in [0.4, 0.5) is 22.0 Å². The molecule has 2 aromatic rings. The van der Waals surface area contributed by atoms with Crippen LogP contribution in [-0.4, -0.2) is 34.9 Å². The molecule has 0 aromatic heterocycles. The van der Waals surface area contributed by atoms with E-state index in [4.69, 9.17) is 0 Å². The SMILES string of the molecule is CC[N+]1(C(F)(F)F)C(CO)=NC(c2ccc(F)cc2)=C1c1ccc(F)cc1. The molecule has 3 rings (SSSR count). The highest BCUT2D eigenvalue weighted by Crippen LogP contribution is 2.48. The van der Waals surface area contributed by atoms with Gasteiger partial charge in [-0.2, -0.15) is 4.99 Å². The lowest BCUT2D eigenvalue weighted by molar-refractivity contribution is -0.894. The monoisotopic (exact) mass is 383 g/mol. The van der Waals surface area contributed by atoms with Gasteiger partial charge in [-0.15, -0.1) is 17.7 Å². The molecule has 1 atom stereocenters.